The molecule has 2 nitrogen and oxygen atoms in total. The van der Waals surface area contributed by atoms with Gasteiger partial charge in [-0.15, -0.1) is 5.54 Å². The second-order valence-electron chi connectivity index (χ2n) is 7.68. The number of rotatable bonds is 2. The van der Waals surface area contributed by atoms with Crippen LogP contribution in [0.2, 0.25) is 19.6 Å². The molecule has 132 valence electrons. The summed E-state index contributed by atoms with van der Waals surface area (Å²) in [5.74, 6) is 3.34. The van der Waals surface area contributed by atoms with Gasteiger partial charge in [0.2, 0.25) is 0 Å². The molecule has 0 aliphatic carbocycles. The van der Waals surface area contributed by atoms with Gasteiger partial charge in [-0.05, 0) is 12.1 Å². The highest BCUT2D eigenvalue weighted by atomic mass is 28.3. The molecule has 0 fully saturated rings. The van der Waals surface area contributed by atoms with Crippen molar-refractivity contribution in [3.8, 4) is 34.0 Å². The van der Waals surface area contributed by atoms with Gasteiger partial charge in [0, 0.05) is 22.9 Å². The zero-order valence-electron chi connectivity index (χ0n) is 15.9. The van der Waals surface area contributed by atoms with Gasteiger partial charge in [0.15, 0.2) is 0 Å². The Morgan fingerprint density at radius 1 is 0.815 bits per heavy atom. The first-order valence-electron chi connectivity index (χ1n) is 9.17. The normalized spacial score (nSPS) is 11.2. The molecule has 2 aromatic carbocycles. The lowest BCUT2D eigenvalue weighted by Gasteiger charge is -2.06. The van der Waals surface area contributed by atoms with Crippen LogP contribution in [0.5, 0.6) is 0 Å². The largest absolute Gasteiger partial charge is 0.299 e. The summed E-state index contributed by atoms with van der Waals surface area (Å²) in [5, 5.41) is 0. The molecule has 0 aliphatic rings. The van der Waals surface area contributed by atoms with Crippen LogP contribution in [-0.2, 0) is 0 Å². The van der Waals surface area contributed by atoms with Crippen molar-refractivity contribution in [3.63, 3.8) is 0 Å². The molecule has 0 N–H and O–H groups in total. The second-order valence-corrected chi connectivity index (χ2v) is 12.4. The number of benzene rings is 2. The van der Waals surface area contributed by atoms with E-state index in [1.165, 1.54) is 0 Å². The van der Waals surface area contributed by atoms with Crippen molar-refractivity contribution in [1.29, 1.82) is 0 Å². The molecule has 0 bridgehead atoms. The summed E-state index contributed by atoms with van der Waals surface area (Å²) in [6.45, 7) is 6.78. The van der Waals surface area contributed by atoms with Crippen LogP contribution in [0.4, 0.5) is 0 Å². The first kappa shape index (κ1) is 17.3. The molecule has 0 spiro atoms. The highest BCUT2D eigenvalue weighted by Crippen LogP contribution is 2.32. The van der Waals surface area contributed by atoms with Gasteiger partial charge in [-0.25, -0.2) is 4.98 Å². The van der Waals surface area contributed by atoms with Crippen LogP contribution in [0.1, 0.15) is 5.56 Å². The molecule has 0 saturated carbocycles. The minimum atomic E-state index is -1.41. The quantitative estimate of drug-likeness (QED) is 0.319. The van der Waals surface area contributed by atoms with E-state index >= 15 is 0 Å². The van der Waals surface area contributed by atoms with E-state index in [1.807, 2.05) is 12.1 Å². The molecule has 3 heteroatoms. The minimum Gasteiger partial charge on any atom is -0.299 e. The van der Waals surface area contributed by atoms with Crippen LogP contribution < -0.4 is 0 Å². The monoisotopic (exact) mass is 366 g/mol. The summed E-state index contributed by atoms with van der Waals surface area (Å²) in [7, 11) is -1.41. The van der Waals surface area contributed by atoms with E-state index < -0.39 is 8.07 Å². The van der Waals surface area contributed by atoms with Crippen molar-refractivity contribution in [1.82, 2.24) is 9.38 Å². The zero-order chi connectivity index (χ0) is 18.9. The summed E-state index contributed by atoms with van der Waals surface area (Å²) in [6, 6.07) is 25.0. The van der Waals surface area contributed by atoms with E-state index in [-0.39, 0.29) is 0 Å². The predicted molar refractivity (Wildman–Crippen MR) is 116 cm³/mol. The Morgan fingerprint density at radius 3 is 2.07 bits per heavy atom. The average Bonchev–Trinajstić information content (AvgIpc) is 3.06. The van der Waals surface area contributed by atoms with Gasteiger partial charge in [-0.1, -0.05) is 86.2 Å². The van der Waals surface area contributed by atoms with Crippen molar-refractivity contribution < 1.29 is 0 Å². The number of hydrogen-bond acceptors (Lipinski definition) is 1. The lowest BCUT2D eigenvalue weighted by Crippen LogP contribution is -2.16. The first-order chi connectivity index (χ1) is 13.0. The highest BCUT2D eigenvalue weighted by molar-refractivity contribution is 6.83. The summed E-state index contributed by atoms with van der Waals surface area (Å²) < 4.78 is 2.16. The molecular weight excluding hydrogens is 344 g/mol. The number of hydrogen-bond donors (Lipinski definition) is 0. The fourth-order valence-electron chi connectivity index (χ4n) is 3.05. The van der Waals surface area contributed by atoms with Gasteiger partial charge in [-0.2, -0.15) is 0 Å². The molecule has 27 heavy (non-hydrogen) atoms. The highest BCUT2D eigenvalue weighted by Gasteiger charge is 2.16. The predicted octanol–water partition coefficient (Wildman–Crippen LogP) is 5.90. The standard InChI is InChI=1S/C24H22N2Si/c1-27(2,3)17-15-19-14-16-26-22(18-19)25-23(20-10-6-4-7-11-20)24(26)21-12-8-5-9-13-21/h4-14,16,18H,1-3H3. The number of nitrogens with zero attached hydrogens (tertiary/aromatic N) is 2. The van der Waals surface area contributed by atoms with Crippen molar-refractivity contribution in [3.05, 3.63) is 84.6 Å². The number of fused-ring (bicyclic) bond motifs is 1. The molecule has 0 saturated heterocycles. The maximum Gasteiger partial charge on any atom is 0.139 e. The molecule has 4 aromatic rings. The van der Waals surface area contributed by atoms with E-state index in [0.717, 1.165) is 33.7 Å². The van der Waals surface area contributed by atoms with E-state index in [2.05, 4.69) is 102 Å². The first-order valence-corrected chi connectivity index (χ1v) is 12.7. The van der Waals surface area contributed by atoms with Gasteiger partial charge in [0.1, 0.15) is 13.7 Å². The second kappa shape index (κ2) is 6.90. The Bertz CT molecular complexity index is 1140. The summed E-state index contributed by atoms with van der Waals surface area (Å²) in [4.78, 5) is 4.97. The van der Waals surface area contributed by atoms with Crippen LogP contribution in [0.25, 0.3) is 28.2 Å². The summed E-state index contributed by atoms with van der Waals surface area (Å²) in [6.07, 6.45) is 2.09. The van der Waals surface area contributed by atoms with Crippen LogP contribution >= 0.6 is 0 Å². The molecule has 4 rings (SSSR count). The van der Waals surface area contributed by atoms with Crippen LogP contribution in [0.3, 0.4) is 0 Å². The summed E-state index contributed by atoms with van der Waals surface area (Å²) in [5.41, 5.74) is 9.78. The van der Waals surface area contributed by atoms with Gasteiger partial charge < -0.3 is 0 Å². The Hall–Kier alpha value is -3.09. The number of imidazole rings is 1. The van der Waals surface area contributed by atoms with Crippen molar-refractivity contribution in [2.24, 2.45) is 0 Å². The van der Waals surface area contributed by atoms with Crippen molar-refractivity contribution in [2.75, 3.05) is 0 Å². The minimum absolute atomic E-state index is 0.926. The molecule has 2 aromatic heterocycles. The fourth-order valence-corrected chi connectivity index (χ4v) is 3.57. The zero-order valence-corrected chi connectivity index (χ0v) is 16.9. The van der Waals surface area contributed by atoms with Crippen LogP contribution in [0, 0.1) is 11.5 Å². The lowest BCUT2D eigenvalue weighted by molar-refractivity contribution is 1.19. The average molecular weight is 367 g/mol. The number of aromatic nitrogens is 2. The topological polar surface area (TPSA) is 17.3 Å². The molecule has 0 atom stereocenters. The SMILES string of the molecule is C[Si](C)(C)C#Cc1ccn2c(-c3ccccc3)c(-c3ccccc3)nc2c1. The third-order valence-corrected chi connectivity index (χ3v) is 5.18. The van der Waals surface area contributed by atoms with Gasteiger partial charge in [0.05, 0.1) is 11.4 Å². The lowest BCUT2D eigenvalue weighted by atomic mass is 10.1. The molecule has 2 heterocycles. The molecular formula is C24H22N2Si. The maximum atomic E-state index is 4.97. The Labute approximate surface area is 161 Å². The molecule has 0 aliphatic heterocycles. The Balaban J connectivity index is 1.94. The molecule has 0 radical (unpaired) electrons. The third-order valence-electron chi connectivity index (χ3n) is 4.30. The Morgan fingerprint density at radius 2 is 1.44 bits per heavy atom. The van der Waals surface area contributed by atoms with Gasteiger partial charge in [-0.3, -0.25) is 4.40 Å². The van der Waals surface area contributed by atoms with Crippen molar-refractivity contribution in [2.45, 2.75) is 19.6 Å². The van der Waals surface area contributed by atoms with Crippen molar-refractivity contribution >= 4 is 13.7 Å². The van der Waals surface area contributed by atoms with Crippen LogP contribution in [0.15, 0.2) is 79.0 Å². The van der Waals surface area contributed by atoms with E-state index in [4.69, 9.17) is 4.98 Å². The van der Waals surface area contributed by atoms with E-state index in [9.17, 15) is 0 Å². The molecule has 0 unspecified atom stereocenters. The maximum absolute atomic E-state index is 4.97. The van der Waals surface area contributed by atoms with E-state index in [0.29, 0.717) is 0 Å². The summed E-state index contributed by atoms with van der Waals surface area (Å²) >= 11 is 0. The van der Waals surface area contributed by atoms with E-state index in [1.54, 1.807) is 0 Å². The third kappa shape index (κ3) is 3.72. The fraction of sp³-hybridized carbons (Fsp3) is 0.125. The smallest absolute Gasteiger partial charge is 0.139 e. The van der Waals surface area contributed by atoms with Crippen LogP contribution in [-0.4, -0.2) is 17.5 Å². The van der Waals surface area contributed by atoms with Gasteiger partial charge in [0.25, 0.3) is 0 Å². The Kier molecular flexibility index (Phi) is 4.43. The number of pyridine rings is 1. The van der Waals surface area contributed by atoms with Gasteiger partial charge >= 0.3 is 0 Å². The molecule has 0 amide bonds.